The molecule has 0 aromatic heterocycles. The highest BCUT2D eigenvalue weighted by atomic mass is 16.6. The molecule has 2 amide bonds. The zero-order valence-electron chi connectivity index (χ0n) is 21.2. The van der Waals surface area contributed by atoms with Crippen LogP contribution in [0, 0.1) is 23.0 Å². The van der Waals surface area contributed by atoms with Crippen molar-refractivity contribution in [1.29, 1.82) is 0 Å². The lowest BCUT2D eigenvalue weighted by atomic mass is 9.91. The second-order valence-corrected chi connectivity index (χ2v) is 9.07. The van der Waals surface area contributed by atoms with Gasteiger partial charge in [-0.2, -0.15) is 0 Å². The lowest BCUT2D eigenvalue weighted by Gasteiger charge is -2.31. The minimum absolute atomic E-state index is 0.0487. The molecule has 192 valence electrons. The summed E-state index contributed by atoms with van der Waals surface area (Å²) in [6.45, 7) is 9.11. The number of methoxy groups -OCH3 is 1. The first-order valence-corrected chi connectivity index (χ1v) is 11.6. The molecule has 0 spiro atoms. The number of nitro groups is 1. The Morgan fingerprint density at radius 2 is 1.89 bits per heavy atom. The van der Waals surface area contributed by atoms with Gasteiger partial charge in [0.1, 0.15) is 6.61 Å². The smallest absolute Gasteiger partial charge is 0.338 e. The Morgan fingerprint density at radius 3 is 2.47 bits per heavy atom. The number of carbonyl (C=O) groups excluding carboxylic acids is 2. The van der Waals surface area contributed by atoms with E-state index in [0.29, 0.717) is 5.70 Å². The highest BCUT2D eigenvalue weighted by molar-refractivity contribution is 5.95. The van der Waals surface area contributed by atoms with E-state index in [1.54, 1.807) is 13.8 Å². The van der Waals surface area contributed by atoms with Crippen molar-refractivity contribution in [1.82, 2.24) is 10.6 Å². The molecule has 2 N–H and O–H groups in total. The molecule has 2 aromatic rings. The van der Waals surface area contributed by atoms with E-state index in [2.05, 4.69) is 10.6 Å². The van der Waals surface area contributed by atoms with E-state index < -0.39 is 29.1 Å². The van der Waals surface area contributed by atoms with Crippen LogP contribution in [0.5, 0.6) is 11.5 Å². The van der Waals surface area contributed by atoms with E-state index in [1.165, 1.54) is 19.2 Å². The number of esters is 1. The molecule has 10 heteroatoms. The molecule has 0 saturated heterocycles. The van der Waals surface area contributed by atoms with E-state index >= 15 is 0 Å². The van der Waals surface area contributed by atoms with Crippen molar-refractivity contribution in [2.45, 2.75) is 53.4 Å². The number of benzene rings is 2. The second kappa shape index (κ2) is 11.1. The highest BCUT2D eigenvalue weighted by Gasteiger charge is 2.37. The Morgan fingerprint density at radius 1 is 1.17 bits per heavy atom. The summed E-state index contributed by atoms with van der Waals surface area (Å²) in [6, 6.07) is 8.86. The average molecular weight is 498 g/mol. The molecule has 0 aliphatic carbocycles. The molecule has 36 heavy (non-hydrogen) atoms. The van der Waals surface area contributed by atoms with Crippen LogP contribution >= 0.6 is 0 Å². The van der Waals surface area contributed by atoms with Gasteiger partial charge in [-0.05, 0) is 43.9 Å². The Bertz CT molecular complexity index is 1200. The Kier molecular flexibility index (Phi) is 8.18. The summed E-state index contributed by atoms with van der Waals surface area (Å²) in [4.78, 5) is 37.0. The molecule has 3 rings (SSSR count). The summed E-state index contributed by atoms with van der Waals surface area (Å²) in [5, 5.41) is 17.4. The Labute approximate surface area is 209 Å². The SMILES string of the molecule is COc1cc(C2NC(=O)NC(C(C)C)=C2C(=O)OC(C)C)cc([N+](=O)[O-])c1OCc1cccc(C)c1. The van der Waals surface area contributed by atoms with Crippen LogP contribution in [0.4, 0.5) is 10.5 Å². The highest BCUT2D eigenvalue weighted by Crippen LogP contribution is 2.42. The molecule has 1 unspecified atom stereocenters. The van der Waals surface area contributed by atoms with Crippen molar-refractivity contribution in [2.75, 3.05) is 7.11 Å². The van der Waals surface area contributed by atoms with Crippen molar-refractivity contribution in [2.24, 2.45) is 5.92 Å². The molecular formula is C26H31N3O7. The van der Waals surface area contributed by atoms with Crippen LogP contribution in [0.3, 0.4) is 0 Å². The molecule has 0 bridgehead atoms. The monoisotopic (exact) mass is 497 g/mol. The molecule has 2 aromatic carbocycles. The van der Waals surface area contributed by atoms with Gasteiger partial charge in [-0.15, -0.1) is 0 Å². The number of nitrogens with one attached hydrogen (secondary N) is 2. The van der Waals surface area contributed by atoms with Gasteiger partial charge in [0.25, 0.3) is 0 Å². The van der Waals surface area contributed by atoms with Crippen LogP contribution in [-0.2, 0) is 16.1 Å². The lowest BCUT2D eigenvalue weighted by molar-refractivity contribution is -0.386. The average Bonchev–Trinajstić information content (AvgIpc) is 2.81. The van der Waals surface area contributed by atoms with Gasteiger partial charge in [-0.1, -0.05) is 43.7 Å². The van der Waals surface area contributed by atoms with Gasteiger partial charge < -0.3 is 24.8 Å². The number of hydrogen-bond acceptors (Lipinski definition) is 7. The third-order valence-corrected chi connectivity index (χ3v) is 5.52. The minimum atomic E-state index is -0.999. The van der Waals surface area contributed by atoms with Crippen LogP contribution in [0.1, 0.15) is 50.4 Å². The summed E-state index contributed by atoms with van der Waals surface area (Å²) >= 11 is 0. The standard InChI is InChI=1S/C26H31N3O7/c1-14(2)22-21(25(30)36-15(3)4)23(28-26(31)27-22)18-11-19(29(32)33)24(20(12-18)34-6)35-13-17-9-7-8-16(5)10-17/h7-12,14-15,23H,13H2,1-6H3,(H2,27,28,31). The number of carbonyl (C=O) groups is 2. The number of rotatable bonds is 9. The topological polar surface area (TPSA) is 129 Å². The maximum atomic E-state index is 13.1. The summed E-state index contributed by atoms with van der Waals surface area (Å²) in [6.07, 6.45) is -0.405. The number of nitro benzene ring substituents is 1. The molecule has 1 heterocycles. The van der Waals surface area contributed by atoms with Gasteiger partial charge in [0.05, 0.1) is 29.8 Å². The van der Waals surface area contributed by atoms with Crippen molar-refractivity contribution < 1.29 is 28.7 Å². The molecule has 1 atom stereocenters. The number of amides is 2. The van der Waals surface area contributed by atoms with Crippen molar-refractivity contribution in [3.63, 3.8) is 0 Å². The lowest BCUT2D eigenvalue weighted by Crippen LogP contribution is -2.47. The quantitative estimate of drug-likeness (QED) is 0.292. The predicted octanol–water partition coefficient (Wildman–Crippen LogP) is 4.71. The van der Waals surface area contributed by atoms with E-state index in [9.17, 15) is 19.7 Å². The number of urea groups is 1. The first kappa shape index (κ1) is 26.5. The fourth-order valence-electron chi connectivity index (χ4n) is 3.96. The second-order valence-electron chi connectivity index (χ2n) is 9.07. The number of aryl methyl sites for hydroxylation is 1. The van der Waals surface area contributed by atoms with Crippen molar-refractivity contribution in [3.05, 3.63) is 74.5 Å². The largest absolute Gasteiger partial charge is 0.493 e. The van der Waals surface area contributed by atoms with Crippen LogP contribution in [-0.4, -0.2) is 30.1 Å². The maximum absolute atomic E-state index is 13.1. The number of allylic oxidation sites excluding steroid dienone is 1. The van der Waals surface area contributed by atoms with E-state index in [-0.39, 0.29) is 40.8 Å². The van der Waals surface area contributed by atoms with Crippen LogP contribution < -0.4 is 20.1 Å². The molecule has 0 saturated carbocycles. The Hall–Kier alpha value is -4.08. The van der Waals surface area contributed by atoms with E-state index in [4.69, 9.17) is 14.2 Å². The van der Waals surface area contributed by atoms with Crippen LogP contribution in [0.25, 0.3) is 0 Å². The van der Waals surface area contributed by atoms with E-state index in [1.807, 2.05) is 45.0 Å². The van der Waals surface area contributed by atoms with E-state index in [0.717, 1.165) is 11.1 Å². The molecular weight excluding hydrogens is 466 g/mol. The fourth-order valence-corrected chi connectivity index (χ4v) is 3.96. The van der Waals surface area contributed by atoms with Crippen LogP contribution in [0.15, 0.2) is 47.7 Å². The van der Waals surface area contributed by atoms with Crippen molar-refractivity contribution >= 4 is 17.7 Å². The number of nitrogens with zero attached hydrogens (tertiary/aromatic N) is 1. The zero-order chi connectivity index (χ0) is 26.6. The van der Waals surface area contributed by atoms with Gasteiger partial charge in [0.15, 0.2) is 5.75 Å². The normalized spacial score (nSPS) is 15.4. The van der Waals surface area contributed by atoms with Gasteiger partial charge in [0.2, 0.25) is 5.75 Å². The zero-order valence-corrected chi connectivity index (χ0v) is 21.2. The van der Waals surface area contributed by atoms with Gasteiger partial charge >= 0.3 is 17.7 Å². The molecule has 0 radical (unpaired) electrons. The Balaban J connectivity index is 2.11. The summed E-state index contributed by atoms with van der Waals surface area (Å²) in [5.74, 6) is -0.802. The molecule has 10 nitrogen and oxygen atoms in total. The molecule has 0 fully saturated rings. The van der Waals surface area contributed by atoms with Crippen LogP contribution in [0.2, 0.25) is 0 Å². The number of ether oxygens (including phenoxy) is 3. The third-order valence-electron chi connectivity index (χ3n) is 5.52. The fraction of sp³-hybridized carbons (Fsp3) is 0.385. The summed E-state index contributed by atoms with van der Waals surface area (Å²) in [5.41, 5.74) is 2.35. The summed E-state index contributed by atoms with van der Waals surface area (Å²) < 4.78 is 16.7. The maximum Gasteiger partial charge on any atom is 0.338 e. The third kappa shape index (κ3) is 5.94. The molecule has 1 aliphatic rings. The van der Waals surface area contributed by atoms with Gasteiger partial charge in [-0.3, -0.25) is 10.1 Å². The number of hydrogen-bond donors (Lipinski definition) is 2. The van der Waals surface area contributed by atoms with Crippen molar-refractivity contribution in [3.8, 4) is 11.5 Å². The van der Waals surface area contributed by atoms with Gasteiger partial charge in [-0.25, -0.2) is 9.59 Å². The predicted molar refractivity (Wildman–Crippen MR) is 133 cm³/mol. The molecule has 1 aliphatic heterocycles. The van der Waals surface area contributed by atoms with Gasteiger partial charge in [0, 0.05) is 11.8 Å². The summed E-state index contributed by atoms with van der Waals surface area (Å²) in [7, 11) is 1.37. The first-order valence-electron chi connectivity index (χ1n) is 11.6. The minimum Gasteiger partial charge on any atom is -0.493 e. The first-order chi connectivity index (χ1) is 17.0.